The minimum absolute atomic E-state index is 0.00558. The fourth-order valence-corrected chi connectivity index (χ4v) is 2.48. The molecular weight excluding hydrogens is 250 g/mol. The Kier molecular flexibility index (Phi) is 4.91. The molecule has 0 amide bonds. The predicted molar refractivity (Wildman–Crippen MR) is 79.5 cm³/mol. The van der Waals surface area contributed by atoms with Gasteiger partial charge in [-0.2, -0.15) is 5.26 Å². The largest absolute Gasteiger partial charge is 0.380 e. The molecule has 2 rings (SSSR count). The third kappa shape index (κ3) is 3.06. The number of nitriles is 1. The lowest BCUT2D eigenvalue weighted by molar-refractivity contribution is 0.147. The summed E-state index contributed by atoms with van der Waals surface area (Å²) in [5, 5.41) is 16.8. The summed E-state index contributed by atoms with van der Waals surface area (Å²) >= 11 is 0. The van der Waals surface area contributed by atoms with E-state index in [1.807, 2.05) is 37.3 Å². The third-order valence-corrected chi connectivity index (χ3v) is 3.42. The Hall–Kier alpha value is -2.12. The second-order valence-electron chi connectivity index (χ2n) is 4.66. The van der Waals surface area contributed by atoms with Crippen molar-refractivity contribution in [1.29, 1.82) is 10.7 Å². The summed E-state index contributed by atoms with van der Waals surface area (Å²) in [6.07, 6.45) is 3.05. The van der Waals surface area contributed by atoms with Gasteiger partial charge >= 0.3 is 0 Å². The van der Waals surface area contributed by atoms with Gasteiger partial charge in [-0.1, -0.05) is 30.3 Å². The van der Waals surface area contributed by atoms with E-state index in [1.54, 1.807) is 0 Å². The maximum atomic E-state index is 8.99. The molecule has 1 aromatic rings. The quantitative estimate of drug-likeness (QED) is 0.858. The van der Waals surface area contributed by atoms with Crippen LogP contribution in [0.3, 0.4) is 0 Å². The molecule has 1 fully saturated rings. The minimum atomic E-state index is 0.00558. The number of nitrogens with zero attached hydrogens (tertiary/aromatic N) is 2. The average Bonchev–Trinajstić information content (AvgIpc) is 2.77. The molecule has 0 spiro atoms. The topological polar surface area (TPSA) is 60.1 Å². The number of hydrogen-bond acceptors (Lipinski definition) is 4. The number of nitrogens with one attached hydrogen (secondary N) is 1. The molecule has 0 unspecified atom stereocenters. The Morgan fingerprint density at radius 1 is 1.30 bits per heavy atom. The lowest BCUT2D eigenvalue weighted by Gasteiger charge is -2.26. The zero-order valence-corrected chi connectivity index (χ0v) is 11.7. The molecule has 0 aliphatic carbocycles. The molecule has 4 heteroatoms. The van der Waals surface area contributed by atoms with Crippen molar-refractivity contribution in [3.63, 3.8) is 0 Å². The van der Waals surface area contributed by atoms with Crippen molar-refractivity contribution in [3.8, 4) is 6.07 Å². The zero-order valence-electron chi connectivity index (χ0n) is 11.7. The first kappa shape index (κ1) is 14.3. The first-order valence-corrected chi connectivity index (χ1v) is 6.85. The Bertz CT molecular complexity index is 549. The zero-order chi connectivity index (χ0) is 14.4. The highest BCUT2D eigenvalue weighted by Crippen LogP contribution is 2.24. The molecule has 104 valence electrons. The standard InChI is InChI=1S/C16H19N3O/c1-2-16(19-8-5-10-20-11-9-19)14-7-4-3-6-13(14)15(18)12-17/h2-4,6-7,18H,5,8-11H2,1H3/b16-2+,18-15?. The van der Waals surface area contributed by atoms with E-state index in [1.165, 1.54) is 0 Å². The highest BCUT2D eigenvalue weighted by Gasteiger charge is 2.17. The fourth-order valence-electron chi connectivity index (χ4n) is 2.48. The van der Waals surface area contributed by atoms with E-state index in [0.717, 1.165) is 44.0 Å². The van der Waals surface area contributed by atoms with Gasteiger partial charge in [0.25, 0.3) is 0 Å². The number of benzene rings is 1. The normalized spacial score (nSPS) is 16.4. The van der Waals surface area contributed by atoms with E-state index in [0.29, 0.717) is 5.56 Å². The van der Waals surface area contributed by atoms with E-state index >= 15 is 0 Å². The van der Waals surface area contributed by atoms with Crippen LogP contribution in [-0.2, 0) is 4.74 Å². The van der Waals surface area contributed by atoms with E-state index in [-0.39, 0.29) is 5.71 Å². The Morgan fingerprint density at radius 3 is 2.75 bits per heavy atom. The molecule has 1 N–H and O–H groups in total. The van der Waals surface area contributed by atoms with E-state index in [2.05, 4.69) is 11.0 Å². The van der Waals surface area contributed by atoms with Crippen LogP contribution in [0.15, 0.2) is 30.3 Å². The Balaban J connectivity index is 2.37. The third-order valence-electron chi connectivity index (χ3n) is 3.42. The highest BCUT2D eigenvalue weighted by molar-refractivity contribution is 6.12. The van der Waals surface area contributed by atoms with Crippen LogP contribution in [-0.4, -0.2) is 36.9 Å². The van der Waals surface area contributed by atoms with Crippen molar-refractivity contribution >= 4 is 11.4 Å². The molecule has 0 bridgehead atoms. The molecule has 4 nitrogen and oxygen atoms in total. The number of hydrogen-bond donors (Lipinski definition) is 1. The van der Waals surface area contributed by atoms with Crippen LogP contribution in [0.4, 0.5) is 0 Å². The van der Waals surface area contributed by atoms with Gasteiger partial charge in [-0.25, -0.2) is 0 Å². The molecule has 20 heavy (non-hydrogen) atoms. The summed E-state index contributed by atoms with van der Waals surface area (Å²) in [5.74, 6) is 0. The van der Waals surface area contributed by atoms with E-state index in [4.69, 9.17) is 15.4 Å². The summed E-state index contributed by atoms with van der Waals surface area (Å²) in [6.45, 7) is 5.29. The van der Waals surface area contributed by atoms with Crippen LogP contribution in [0.1, 0.15) is 24.5 Å². The van der Waals surface area contributed by atoms with Gasteiger partial charge in [-0.05, 0) is 13.3 Å². The molecule has 1 heterocycles. The molecule has 1 aliphatic rings. The van der Waals surface area contributed by atoms with Crippen molar-refractivity contribution < 1.29 is 4.74 Å². The summed E-state index contributed by atoms with van der Waals surface area (Å²) in [6, 6.07) is 9.55. The van der Waals surface area contributed by atoms with E-state index < -0.39 is 0 Å². The summed E-state index contributed by atoms with van der Waals surface area (Å²) in [7, 11) is 0. The lowest BCUT2D eigenvalue weighted by atomic mass is 9.99. The molecule has 1 aromatic carbocycles. The molecular formula is C16H19N3O. The Morgan fingerprint density at radius 2 is 2.05 bits per heavy atom. The van der Waals surface area contributed by atoms with Gasteiger partial charge in [0.05, 0.1) is 6.61 Å². The number of allylic oxidation sites excluding steroid dienone is 1. The van der Waals surface area contributed by atoms with Crippen molar-refractivity contribution in [2.75, 3.05) is 26.3 Å². The lowest BCUT2D eigenvalue weighted by Crippen LogP contribution is -2.25. The molecule has 1 aliphatic heterocycles. The second kappa shape index (κ2) is 6.88. The van der Waals surface area contributed by atoms with Gasteiger partial charge in [0.1, 0.15) is 11.8 Å². The van der Waals surface area contributed by atoms with Crippen molar-refractivity contribution in [3.05, 3.63) is 41.5 Å². The maximum Gasteiger partial charge on any atom is 0.140 e. The van der Waals surface area contributed by atoms with Crippen LogP contribution in [0, 0.1) is 16.7 Å². The van der Waals surface area contributed by atoms with Crippen molar-refractivity contribution in [1.82, 2.24) is 4.90 Å². The molecule has 0 aromatic heterocycles. The monoisotopic (exact) mass is 269 g/mol. The summed E-state index contributed by atoms with van der Waals surface area (Å²) in [5.41, 5.74) is 2.72. The average molecular weight is 269 g/mol. The van der Waals surface area contributed by atoms with Gasteiger partial charge in [0.15, 0.2) is 0 Å². The molecule has 0 saturated carbocycles. The summed E-state index contributed by atoms with van der Waals surface area (Å²) < 4.78 is 5.49. The SMILES string of the molecule is C/C=C(\c1ccccc1C(=N)C#N)N1CCCOCC1. The van der Waals surface area contributed by atoms with Gasteiger partial charge in [0.2, 0.25) is 0 Å². The molecule has 0 radical (unpaired) electrons. The van der Waals surface area contributed by atoms with Crippen LogP contribution >= 0.6 is 0 Å². The first-order valence-electron chi connectivity index (χ1n) is 6.85. The first-order chi connectivity index (χ1) is 9.77. The van der Waals surface area contributed by atoms with Crippen molar-refractivity contribution in [2.45, 2.75) is 13.3 Å². The smallest absolute Gasteiger partial charge is 0.140 e. The minimum Gasteiger partial charge on any atom is -0.380 e. The van der Waals surface area contributed by atoms with Gasteiger partial charge in [-0.15, -0.1) is 0 Å². The van der Waals surface area contributed by atoms with Gasteiger partial charge < -0.3 is 9.64 Å². The van der Waals surface area contributed by atoms with Crippen LogP contribution in [0.25, 0.3) is 5.70 Å². The Labute approximate surface area is 119 Å². The van der Waals surface area contributed by atoms with Crippen LogP contribution in [0.5, 0.6) is 0 Å². The fraction of sp³-hybridized carbons (Fsp3) is 0.375. The van der Waals surface area contributed by atoms with Gasteiger partial charge in [-0.3, -0.25) is 5.41 Å². The van der Waals surface area contributed by atoms with Crippen molar-refractivity contribution in [2.24, 2.45) is 0 Å². The number of ether oxygens (including phenoxy) is 1. The van der Waals surface area contributed by atoms with Crippen LogP contribution < -0.4 is 0 Å². The number of rotatable bonds is 3. The van der Waals surface area contributed by atoms with Crippen LogP contribution in [0.2, 0.25) is 0 Å². The maximum absolute atomic E-state index is 8.99. The second-order valence-corrected chi connectivity index (χ2v) is 4.66. The predicted octanol–water partition coefficient (Wildman–Crippen LogP) is 2.66. The molecule has 0 atom stereocenters. The van der Waals surface area contributed by atoms with E-state index in [9.17, 15) is 0 Å². The molecule has 1 saturated heterocycles. The van der Waals surface area contributed by atoms with Gasteiger partial charge in [0, 0.05) is 36.5 Å². The highest BCUT2D eigenvalue weighted by atomic mass is 16.5. The summed E-state index contributed by atoms with van der Waals surface area (Å²) in [4.78, 5) is 2.27.